The van der Waals surface area contributed by atoms with Crippen molar-refractivity contribution in [3.63, 3.8) is 0 Å². The molecular formula is C12H9NO2. The van der Waals surface area contributed by atoms with Gasteiger partial charge in [-0.05, 0) is 12.1 Å². The predicted octanol–water partition coefficient (Wildman–Crippen LogP) is 2.39. The summed E-state index contributed by atoms with van der Waals surface area (Å²) in [6, 6.07) is 3.90. The van der Waals surface area contributed by atoms with Crippen molar-refractivity contribution in [2.45, 2.75) is 0 Å². The molecule has 74 valence electrons. The van der Waals surface area contributed by atoms with Crippen LogP contribution in [0.3, 0.4) is 0 Å². The highest BCUT2D eigenvalue weighted by atomic mass is 16.5. The molecule has 1 N–H and O–H groups in total. The summed E-state index contributed by atoms with van der Waals surface area (Å²) in [7, 11) is 0. The van der Waals surface area contributed by atoms with E-state index in [9.17, 15) is 4.79 Å². The number of rotatable bonds is 1. The Balaban J connectivity index is 2.34. The Bertz CT molecular complexity index is 566. The van der Waals surface area contributed by atoms with Crippen molar-refractivity contribution in [2.75, 3.05) is 6.61 Å². The van der Waals surface area contributed by atoms with Crippen molar-refractivity contribution in [3.05, 3.63) is 35.5 Å². The lowest BCUT2D eigenvalue weighted by molar-refractivity contribution is 0.112. The molecule has 0 spiro atoms. The SMILES string of the molecule is O=Cc1c[nH]c2cc3c(cc12)C=CCO3. The van der Waals surface area contributed by atoms with Crippen LogP contribution in [0.1, 0.15) is 15.9 Å². The summed E-state index contributed by atoms with van der Waals surface area (Å²) >= 11 is 0. The van der Waals surface area contributed by atoms with Gasteiger partial charge in [-0.3, -0.25) is 4.79 Å². The first-order chi connectivity index (χ1) is 7.38. The van der Waals surface area contributed by atoms with Crippen LogP contribution in [0.5, 0.6) is 5.75 Å². The summed E-state index contributed by atoms with van der Waals surface area (Å²) in [4.78, 5) is 13.8. The zero-order chi connectivity index (χ0) is 10.3. The minimum Gasteiger partial charge on any atom is -0.489 e. The number of nitrogens with one attached hydrogen (secondary N) is 1. The smallest absolute Gasteiger partial charge is 0.152 e. The maximum absolute atomic E-state index is 10.8. The van der Waals surface area contributed by atoms with Crippen molar-refractivity contribution in [2.24, 2.45) is 0 Å². The molecule has 1 aliphatic rings. The van der Waals surface area contributed by atoms with Crippen LogP contribution in [0, 0.1) is 0 Å². The average Bonchev–Trinajstić information content (AvgIpc) is 2.68. The van der Waals surface area contributed by atoms with Crippen LogP contribution in [0.2, 0.25) is 0 Å². The second-order valence-corrected chi connectivity index (χ2v) is 3.51. The number of carbonyl (C=O) groups excluding carboxylic acids is 1. The normalized spacial score (nSPS) is 13.6. The minimum atomic E-state index is 0.611. The van der Waals surface area contributed by atoms with E-state index in [2.05, 4.69) is 4.98 Å². The summed E-state index contributed by atoms with van der Waals surface area (Å²) in [5.74, 6) is 0.865. The van der Waals surface area contributed by atoms with E-state index in [-0.39, 0.29) is 0 Å². The number of hydrogen-bond acceptors (Lipinski definition) is 2. The molecule has 1 aromatic heterocycles. The Hall–Kier alpha value is -2.03. The van der Waals surface area contributed by atoms with Crippen LogP contribution in [-0.4, -0.2) is 17.9 Å². The third-order valence-electron chi connectivity index (χ3n) is 2.60. The van der Waals surface area contributed by atoms with E-state index in [4.69, 9.17) is 4.74 Å². The quantitative estimate of drug-likeness (QED) is 0.716. The lowest BCUT2D eigenvalue weighted by atomic mass is 10.1. The first-order valence-corrected chi connectivity index (χ1v) is 4.78. The molecular weight excluding hydrogens is 190 g/mol. The second-order valence-electron chi connectivity index (χ2n) is 3.51. The molecule has 2 heterocycles. The van der Waals surface area contributed by atoms with Crippen molar-refractivity contribution in [1.29, 1.82) is 0 Å². The van der Waals surface area contributed by atoms with Crippen LogP contribution in [0.4, 0.5) is 0 Å². The monoisotopic (exact) mass is 199 g/mol. The van der Waals surface area contributed by atoms with Gasteiger partial charge in [0.2, 0.25) is 0 Å². The largest absolute Gasteiger partial charge is 0.489 e. The van der Waals surface area contributed by atoms with Crippen LogP contribution in [-0.2, 0) is 0 Å². The summed E-state index contributed by atoms with van der Waals surface area (Å²) < 4.78 is 5.48. The molecule has 1 aliphatic heterocycles. The van der Waals surface area contributed by atoms with Gasteiger partial charge in [0, 0.05) is 34.3 Å². The van der Waals surface area contributed by atoms with Gasteiger partial charge in [-0.2, -0.15) is 0 Å². The molecule has 0 unspecified atom stereocenters. The van der Waals surface area contributed by atoms with Crippen molar-refractivity contribution in [1.82, 2.24) is 4.98 Å². The number of carbonyl (C=O) groups is 1. The molecule has 2 aromatic rings. The highest BCUT2D eigenvalue weighted by molar-refractivity contribution is 5.99. The van der Waals surface area contributed by atoms with Crippen LogP contribution in [0.15, 0.2) is 24.4 Å². The summed E-state index contributed by atoms with van der Waals surface area (Å²) in [6.07, 6.45) is 6.55. The van der Waals surface area contributed by atoms with Gasteiger partial charge in [0.1, 0.15) is 12.4 Å². The molecule has 0 amide bonds. The maximum atomic E-state index is 10.8. The van der Waals surface area contributed by atoms with Gasteiger partial charge in [0.25, 0.3) is 0 Å². The summed E-state index contributed by atoms with van der Waals surface area (Å²) in [5.41, 5.74) is 2.65. The first-order valence-electron chi connectivity index (χ1n) is 4.78. The van der Waals surface area contributed by atoms with Gasteiger partial charge in [0.05, 0.1) is 0 Å². The van der Waals surface area contributed by atoms with Gasteiger partial charge >= 0.3 is 0 Å². The van der Waals surface area contributed by atoms with Gasteiger partial charge in [-0.1, -0.05) is 6.08 Å². The Morgan fingerprint density at radius 3 is 3.20 bits per heavy atom. The molecule has 0 aliphatic carbocycles. The van der Waals surface area contributed by atoms with E-state index in [1.165, 1.54) is 0 Å². The molecule has 0 saturated carbocycles. The lowest BCUT2D eigenvalue weighted by Crippen LogP contribution is -1.99. The van der Waals surface area contributed by atoms with E-state index >= 15 is 0 Å². The van der Waals surface area contributed by atoms with Crippen molar-refractivity contribution in [3.8, 4) is 5.75 Å². The molecule has 0 radical (unpaired) electrons. The predicted molar refractivity (Wildman–Crippen MR) is 58.2 cm³/mol. The van der Waals surface area contributed by atoms with E-state index in [0.29, 0.717) is 12.2 Å². The number of hydrogen-bond donors (Lipinski definition) is 1. The molecule has 0 fully saturated rings. The maximum Gasteiger partial charge on any atom is 0.152 e. The van der Waals surface area contributed by atoms with E-state index < -0.39 is 0 Å². The van der Waals surface area contributed by atoms with Crippen LogP contribution >= 0.6 is 0 Å². The number of aromatic nitrogens is 1. The van der Waals surface area contributed by atoms with Crippen molar-refractivity contribution < 1.29 is 9.53 Å². The first kappa shape index (κ1) is 8.29. The van der Waals surface area contributed by atoms with Gasteiger partial charge < -0.3 is 9.72 Å². The fourth-order valence-electron chi connectivity index (χ4n) is 1.85. The fraction of sp³-hybridized carbons (Fsp3) is 0.0833. The molecule has 3 heteroatoms. The Kier molecular flexibility index (Phi) is 1.65. The standard InChI is InChI=1S/C12H9NO2/c14-7-9-6-13-11-5-12-8(4-10(9)11)2-1-3-15-12/h1-2,4-7,13H,3H2. The highest BCUT2D eigenvalue weighted by Gasteiger charge is 2.10. The molecule has 0 atom stereocenters. The number of H-pyrrole nitrogens is 1. The topological polar surface area (TPSA) is 42.1 Å². The third-order valence-corrected chi connectivity index (χ3v) is 2.60. The van der Waals surface area contributed by atoms with E-state index in [1.54, 1.807) is 6.20 Å². The van der Waals surface area contributed by atoms with Crippen LogP contribution < -0.4 is 4.74 Å². The Morgan fingerprint density at radius 1 is 1.40 bits per heavy atom. The molecule has 0 saturated heterocycles. The zero-order valence-electron chi connectivity index (χ0n) is 7.99. The molecule has 15 heavy (non-hydrogen) atoms. The zero-order valence-corrected chi connectivity index (χ0v) is 7.99. The third kappa shape index (κ3) is 1.16. The number of aldehydes is 1. The van der Waals surface area contributed by atoms with Crippen molar-refractivity contribution >= 4 is 23.3 Å². The average molecular weight is 199 g/mol. The number of ether oxygens (including phenoxy) is 1. The highest BCUT2D eigenvalue weighted by Crippen LogP contribution is 2.30. The lowest BCUT2D eigenvalue weighted by Gasteiger charge is -2.12. The van der Waals surface area contributed by atoms with Gasteiger partial charge in [-0.25, -0.2) is 0 Å². The minimum absolute atomic E-state index is 0.611. The molecule has 0 bridgehead atoms. The summed E-state index contributed by atoms with van der Waals surface area (Å²) in [6.45, 7) is 0.611. The Labute approximate surface area is 86.4 Å². The Morgan fingerprint density at radius 2 is 2.33 bits per heavy atom. The summed E-state index contributed by atoms with van der Waals surface area (Å²) in [5, 5.41) is 0.943. The fourth-order valence-corrected chi connectivity index (χ4v) is 1.85. The number of fused-ring (bicyclic) bond motifs is 2. The molecule has 1 aromatic carbocycles. The van der Waals surface area contributed by atoms with E-state index in [0.717, 1.165) is 28.5 Å². The van der Waals surface area contributed by atoms with E-state index in [1.807, 2.05) is 24.3 Å². The molecule has 3 nitrogen and oxygen atoms in total. The number of aromatic amines is 1. The van der Waals surface area contributed by atoms with Gasteiger partial charge in [0.15, 0.2) is 6.29 Å². The van der Waals surface area contributed by atoms with Crippen LogP contribution in [0.25, 0.3) is 17.0 Å². The number of benzene rings is 1. The van der Waals surface area contributed by atoms with Gasteiger partial charge in [-0.15, -0.1) is 0 Å². The molecule has 3 rings (SSSR count). The second kappa shape index (κ2) is 2.98.